The Hall–Kier alpha value is -2.71. The van der Waals surface area contributed by atoms with E-state index < -0.39 is 71.0 Å². The molecular weight excluding hydrogens is 518 g/mol. The molecule has 1 fully saturated rings. The molecule has 0 saturated carbocycles. The molecule has 1 aromatic heterocycles. The SMILES string of the molecule is C[C@H]1[C@H](F)C[C@@H](C(=O)CCc2cc(OCCOC(F)(F)F)c(F)cn2)N1S(=O)(=O)c1ccc(F)cc1. The Labute approximate surface area is 203 Å². The van der Waals surface area contributed by atoms with Gasteiger partial charge in [-0.3, -0.25) is 14.5 Å². The van der Waals surface area contributed by atoms with Crippen LogP contribution in [-0.4, -0.2) is 61.3 Å². The number of sulfonamides is 1. The van der Waals surface area contributed by atoms with Crippen LogP contribution in [0.15, 0.2) is 41.4 Å². The van der Waals surface area contributed by atoms with Crippen LogP contribution in [-0.2, 0) is 26.0 Å². The maximum Gasteiger partial charge on any atom is 0.522 e. The van der Waals surface area contributed by atoms with Gasteiger partial charge < -0.3 is 4.74 Å². The number of hydrogen-bond donors (Lipinski definition) is 0. The quantitative estimate of drug-likeness (QED) is 0.335. The fraction of sp³-hybridized carbons (Fsp3) is 0.455. The van der Waals surface area contributed by atoms with Gasteiger partial charge in [0.25, 0.3) is 0 Å². The number of aromatic nitrogens is 1. The molecule has 36 heavy (non-hydrogen) atoms. The van der Waals surface area contributed by atoms with Crippen molar-refractivity contribution >= 4 is 15.8 Å². The number of carbonyl (C=O) groups is 1. The molecule has 3 rings (SSSR count). The number of hydrogen-bond acceptors (Lipinski definition) is 6. The number of aryl methyl sites for hydroxylation is 1. The summed E-state index contributed by atoms with van der Waals surface area (Å²) in [6.07, 6.45) is -6.46. The highest BCUT2D eigenvalue weighted by atomic mass is 32.2. The zero-order valence-electron chi connectivity index (χ0n) is 18.8. The third-order valence-corrected chi connectivity index (χ3v) is 7.56. The van der Waals surface area contributed by atoms with Crippen molar-refractivity contribution in [3.8, 4) is 5.75 Å². The molecule has 0 aliphatic carbocycles. The van der Waals surface area contributed by atoms with Crippen LogP contribution in [0.1, 0.15) is 25.5 Å². The Morgan fingerprint density at radius 1 is 1.17 bits per heavy atom. The maximum atomic E-state index is 14.5. The van der Waals surface area contributed by atoms with E-state index in [1.807, 2.05) is 0 Å². The zero-order valence-corrected chi connectivity index (χ0v) is 19.7. The van der Waals surface area contributed by atoms with Gasteiger partial charge in [0.05, 0.1) is 29.8 Å². The Balaban J connectivity index is 1.68. The fourth-order valence-corrected chi connectivity index (χ4v) is 5.61. The summed E-state index contributed by atoms with van der Waals surface area (Å²) in [6, 6.07) is 2.55. The summed E-state index contributed by atoms with van der Waals surface area (Å²) >= 11 is 0. The number of nitrogens with zero attached hydrogens (tertiary/aromatic N) is 2. The summed E-state index contributed by atoms with van der Waals surface area (Å²) in [5, 5.41) is 0. The van der Waals surface area contributed by atoms with Crippen LogP contribution >= 0.6 is 0 Å². The lowest BCUT2D eigenvalue weighted by atomic mass is 10.0. The Bertz CT molecular complexity index is 1180. The lowest BCUT2D eigenvalue weighted by molar-refractivity contribution is -0.325. The molecular formula is C22H22F6N2O5S. The van der Waals surface area contributed by atoms with Crippen LogP contribution in [0.4, 0.5) is 26.3 Å². The van der Waals surface area contributed by atoms with E-state index in [9.17, 15) is 39.6 Å². The van der Waals surface area contributed by atoms with Gasteiger partial charge >= 0.3 is 6.36 Å². The second-order valence-corrected chi connectivity index (χ2v) is 9.86. The number of ketones is 1. The first-order valence-electron chi connectivity index (χ1n) is 10.7. The smallest absolute Gasteiger partial charge is 0.488 e. The molecule has 14 heteroatoms. The van der Waals surface area contributed by atoms with Crippen molar-refractivity contribution in [3.05, 3.63) is 53.9 Å². The molecule has 0 spiro atoms. The van der Waals surface area contributed by atoms with Crippen molar-refractivity contribution < 1.29 is 49.0 Å². The molecule has 0 bridgehead atoms. The summed E-state index contributed by atoms with van der Waals surface area (Å²) in [5.41, 5.74) is 0.146. The third-order valence-electron chi connectivity index (χ3n) is 5.55. The van der Waals surface area contributed by atoms with E-state index in [-0.39, 0.29) is 29.9 Å². The van der Waals surface area contributed by atoms with Crippen LogP contribution in [0.25, 0.3) is 0 Å². The standard InChI is InChI=1S/C22H22F6N2O5S/c1-13-17(24)11-19(30(13)36(32,33)16-5-2-14(23)3-6-16)20(31)7-4-15-10-21(18(25)12-29-15)34-8-9-35-22(26,27)28/h2-3,5-6,10,12-13,17,19H,4,7-9,11H2,1H3/t13-,17+,19-/m0/s1. The molecule has 1 aromatic carbocycles. The van der Waals surface area contributed by atoms with Gasteiger partial charge in [0, 0.05) is 24.6 Å². The first-order chi connectivity index (χ1) is 16.8. The first-order valence-corrected chi connectivity index (χ1v) is 12.2. The highest BCUT2D eigenvalue weighted by molar-refractivity contribution is 7.89. The molecule has 2 heterocycles. The molecule has 0 amide bonds. The molecule has 0 N–H and O–H groups in total. The highest BCUT2D eigenvalue weighted by Crippen LogP contribution is 2.34. The van der Waals surface area contributed by atoms with Gasteiger partial charge in [0.2, 0.25) is 10.0 Å². The van der Waals surface area contributed by atoms with Crippen molar-refractivity contribution in [3.63, 3.8) is 0 Å². The Morgan fingerprint density at radius 3 is 2.47 bits per heavy atom. The number of rotatable bonds is 10. The number of halogens is 6. The van der Waals surface area contributed by atoms with Crippen LogP contribution in [0.3, 0.4) is 0 Å². The Morgan fingerprint density at radius 2 is 1.83 bits per heavy atom. The van der Waals surface area contributed by atoms with Crippen LogP contribution in [0.2, 0.25) is 0 Å². The fourth-order valence-electron chi connectivity index (χ4n) is 3.78. The second-order valence-electron chi connectivity index (χ2n) is 8.01. The molecule has 0 radical (unpaired) electrons. The van der Waals surface area contributed by atoms with Gasteiger partial charge in [-0.25, -0.2) is 21.6 Å². The van der Waals surface area contributed by atoms with Gasteiger partial charge in [-0.1, -0.05) is 0 Å². The van der Waals surface area contributed by atoms with Crippen molar-refractivity contribution in [1.29, 1.82) is 0 Å². The van der Waals surface area contributed by atoms with E-state index in [1.54, 1.807) is 0 Å². The molecule has 1 aliphatic rings. The number of alkyl halides is 4. The summed E-state index contributed by atoms with van der Waals surface area (Å²) in [4.78, 5) is 16.4. The molecule has 198 valence electrons. The highest BCUT2D eigenvalue weighted by Gasteiger charge is 2.48. The maximum absolute atomic E-state index is 14.5. The van der Waals surface area contributed by atoms with Crippen LogP contribution in [0, 0.1) is 11.6 Å². The summed E-state index contributed by atoms with van der Waals surface area (Å²) in [7, 11) is -4.32. The normalized spacial score (nSPS) is 21.0. The minimum atomic E-state index is -4.86. The minimum Gasteiger partial charge on any atom is -0.488 e. The second kappa shape index (κ2) is 11.1. The van der Waals surface area contributed by atoms with Gasteiger partial charge in [-0.05, 0) is 37.6 Å². The van der Waals surface area contributed by atoms with E-state index in [0.29, 0.717) is 0 Å². The summed E-state index contributed by atoms with van der Waals surface area (Å²) in [5.74, 6) is -2.63. The van der Waals surface area contributed by atoms with Crippen molar-refractivity contribution in [2.75, 3.05) is 13.2 Å². The van der Waals surface area contributed by atoms with Crippen molar-refractivity contribution in [2.45, 2.75) is 55.7 Å². The van der Waals surface area contributed by atoms with Crippen molar-refractivity contribution in [2.24, 2.45) is 0 Å². The molecule has 7 nitrogen and oxygen atoms in total. The summed E-state index contributed by atoms with van der Waals surface area (Å²) in [6.45, 7) is -0.152. The lowest BCUT2D eigenvalue weighted by Crippen LogP contribution is -2.44. The molecule has 1 saturated heterocycles. The molecule has 0 unspecified atom stereocenters. The molecule has 2 aromatic rings. The van der Waals surface area contributed by atoms with Crippen LogP contribution < -0.4 is 4.74 Å². The molecule has 1 aliphatic heterocycles. The van der Waals surface area contributed by atoms with E-state index in [0.717, 1.165) is 40.8 Å². The monoisotopic (exact) mass is 540 g/mol. The van der Waals surface area contributed by atoms with Crippen LogP contribution in [0.5, 0.6) is 5.75 Å². The number of carbonyl (C=O) groups excluding carboxylic acids is 1. The van der Waals surface area contributed by atoms with Gasteiger partial charge in [-0.2, -0.15) is 4.31 Å². The van der Waals surface area contributed by atoms with Crippen molar-refractivity contribution in [1.82, 2.24) is 9.29 Å². The number of Topliss-reactive ketones (excluding diaryl/α,β-unsaturated/α-hetero) is 1. The van der Waals surface area contributed by atoms with Gasteiger partial charge in [-0.15, -0.1) is 13.2 Å². The van der Waals surface area contributed by atoms with E-state index >= 15 is 0 Å². The average molecular weight is 540 g/mol. The van der Waals surface area contributed by atoms with Gasteiger partial charge in [0.15, 0.2) is 17.3 Å². The van der Waals surface area contributed by atoms with E-state index in [4.69, 9.17) is 4.74 Å². The lowest BCUT2D eigenvalue weighted by Gasteiger charge is -2.26. The minimum absolute atomic E-state index is 0.0964. The topological polar surface area (TPSA) is 85.8 Å². The molecule has 3 atom stereocenters. The van der Waals surface area contributed by atoms with E-state index in [1.165, 1.54) is 6.92 Å². The third kappa shape index (κ3) is 6.73. The van der Waals surface area contributed by atoms with Gasteiger partial charge in [0.1, 0.15) is 18.6 Å². The average Bonchev–Trinajstić information content (AvgIpc) is 3.11. The predicted octanol–water partition coefficient (Wildman–Crippen LogP) is 3.97. The zero-order chi connectivity index (χ0) is 26.7. The number of pyridine rings is 1. The number of benzene rings is 1. The number of ether oxygens (including phenoxy) is 2. The predicted molar refractivity (Wildman–Crippen MR) is 113 cm³/mol. The largest absolute Gasteiger partial charge is 0.522 e. The summed E-state index contributed by atoms with van der Waals surface area (Å²) < 4.78 is 113. The van der Waals surface area contributed by atoms with E-state index in [2.05, 4.69) is 9.72 Å². The Kier molecular flexibility index (Phi) is 8.62. The first kappa shape index (κ1) is 27.9.